The summed E-state index contributed by atoms with van der Waals surface area (Å²) in [6, 6.07) is 13.3. The number of para-hydroxylation sites is 1. The lowest BCUT2D eigenvalue weighted by Crippen LogP contribution is -2.61. The van der Waals surface area contributed by atoms with E-state index in [4.69, 9.17) is 4.74 Å². The monoisotopic (exact) mass is 409 g/mol. The highest BCUT2D eigenvalue weighted by atomic mass is 19.1. The van der Waals surface area contributed by atoms with Gasteiger partial charge in [0, 0.05) is 11.8 Å². The number of halogens is 1. The van der Waals surface area contributed by atoms with Crippen LogP contribution >= 0.6 is 0 Å². The first-order chi connectivity index (χ1) is 14.5. The number of carbonyl (C=O) groups excluding carboxylic acids is 1. The molecule has 0 aliphatic carbocycles. The van der Waals surface area contributed by atoms with Crippen LogP contribution in [-0.4, -0.2) is 31.7 Å². The number of ether oxygens (including phenoxy) is 1. The SMILES string of the molecule is CCC(O)(CC)C1(c2ccc(F)cc2)c2ccccc2OC(=O)C1Cn1ccnn1. The maximum atomic E-state index is 13.8. The lowest BCUT2D eigenvalue weighted by atomic mass is 9.54. The van der Waals surface area contributed by atoms with Gasteiger partial charge in [-0.25, -0.2) is 4.39 Å². The Morgan fingerprint density at radius 2 is 1.87 bits per heavy atom. The van der Waals surface area contributed by atoms with Gasteiger partial charge in [-0.15, -0.1) is 5.10 Å². The Balaban J connectivity index is 2.07. The van der Waals surface area contributed by atoms with Gasteiger partial charge in [0.05, 0.1) is 29.7 Å². The first kappa shape index (κ1) is 20.2. The van der Waals surface area contributed by atoms with Gasteiger partial charge >= 0.3 is 5.97 Å². The van der Waals surface area contributed by atoms with Gasteiger partial charge in [0.15, 0.2) is 0 Å². The molecule has 1 aliphatic heterocycles. The number of hydrogen-bond donors (Lipinski definition) is 1. The van der Waals surface area contributed by atoms with Crippen molar-refractivity contribution in [3.63, 3.8) is 0 Å². The number of esters is 1. The predicted molar refractivity (Wildman–Crippen MR) is 108 cm³/mol. The first-order valence-electron chi connectivity index (χ1n) is 10.1. The van der Waals surface area contributed by atoms with E-state index in [9.17, 15) is 14.3 Å². The molecule has 1 aliphatic rings. The molecular weight excluding hydrogens is 385 g/mol. The fraction of sp³-hybridized carbons (Fsp3) is 0.348. The molecule has 0 bridgehead atoms. The Hall–Kier alpha value is -3.06. The third-order valence-electron chi connectivity index (χ3n) is 6.37. The number of rotatable bonds is 6. The molecule has 1 N–H and O–H groups in total. The predicted octanol–water partition coefficient (Wildman–Crippen LogP) is 3.49. The molecule has 0 amide bonds. The van der Waals surface area contributed by atoms with E-state index in [0.29, 0.717) is 29.7 Å². The molecular formula is C23H24FN3O3. The van der Waals surface area contributed by atoms with Crippen LogP contribution in [0.1, 0.15) is 37.8 Å². The van der Waals surface area contributed by atoms with Gasteiger partial charge in [0.1, 0.15) is 11.6 Å². The van der Waals surface area contributed by atoms with Crippen LogP contribution in [0.4, 0.5) is 4.39 Å². The van der Waals surface area contributed by atoms with Gasteiger partial charge in [-0.3, -0.25) is 9.48 Å². The van der Waals surface area contributed by atoms with E-state index in [-0.39, 0.29) is 12.4 Å². The molecule has 0 spiro atoms. The molecule has 2 heterocycles. The average Bonchev–Trinajstić information content (AvgIpc) is 3.28. The highest BCUT2D eigenvalue weighted by Gasteiger charge is 2.61. The maximum absolute atomic E-state index is 13.8. The molecule has 7 heteroatoms. The summed E-state index contributed by atoms with van der Waals surface area (Å²) < 4.78 is 21.1. The van der Waals surface area contributed by atoms with E-state index in [0.717, 1.165) is 0 Å². The van der Waals surface area contributed by atoms with Gasteiger partial charge in [0.25, 0.3) is 0 Å². The molecule has 2 unspecified atom stereocenters. The molecule has 6 nitrogen and oxygen atoms in total. The largest absolute Gasteiger partial charge is 0.426 e. The highest BCUT2D eigenvalue weighted by molar-refractivity contribution is 5.82. The van der Waals surface area contributed by atoms with Crippen molar-refractivity contribution in [1.82, 2.24) is 15.0 Å². The molecule has 0 fully saturated rings. The Morgan fingerprint density at radius 3 is 2.50 bits per heavy atom. The number of aromatic nitrogens is 3. The maximum Gasteiger partial charge on any atom is 0.317 e. The number of benzene rings is 2. The summed E-state index contributed by atoms with van der Waals surface area (Å²) in [5.41, 5.74) is -1.11. The second-order valence-electron chi connectivity index (χ2n) is 7.65. The molecule has 156 valence electrons. The summed E-state index contributed by atoms with van der Waals surface area (Å²) in [5, 5.41) is 19.9. The minimum Gasteiger partial charge on any atom is -0.426 e. The summed E-state index contributed by atoms with van der Waals surface area (Å²) in [7, 11) is 0. The van der Waals surface area contributed by atoms with Gasteiger partial charge < -0.3 is 9.84 Å². The first-order valence-corrected chi connectivity index (χ1v) is 10.1. The fourth-order valence-electron chi connectivity index (χ4n) is 4.87. The van der Waals surface area contributed by atoms with E-state index in [1.54, 1.807) is 35.1 Å². The van der Waals surface area contributed by atoms with Crippen molar-refractivity contribution in [3.8, 4) is 5.75 Å². The van der Waals surface area contributed by atoms with Crippen LogP contribution in [-0.2, 0) is 16.8 Å². The van der Waals surface area contributed by atoms with E-state index >= 15 is 0 Å². The van der Waals surface area contributed by atoms with E-state index < -0.39 is 22.9 Å². The van der Waals surface area contributed by atoms with Crippen molar-refractivity contribution in [2.24, 2.45) is 5.92 Å². The van der Waals surface area contributed by atoms with Crippen LogP contribution in [0.25, 0.3) is 0 Å². The van der Waals surface area contributed by atoms with Crippen molar-refractivity contribution in [2.45, 2.75) is 44.2 Å². The number of hydrogen-bond acceptors (Lipinski definition) is 5. The quantitative estimate of drug-likeness (QED) is 0.498. The fourth-order valence-corrected chi connectivity index (χ4v) is 4.87. The Bertz CT molecular complexity index is 1030. The lowest BCUT2D eigenvalue weighted by molar-refractivity contribution is -0.152. The topological polar surface area (TPSA) is 77.2 Å². The van der Waals surface area contributed by atoms with Crippen molar-refractivity contribution >= 4 is 5.97 Å². The molecule has 4 rings (SSSR count). The average molecular weight is 409 g/mol. The lowest BCUT2D eigenvalue weighted by Gasteiger charge is -2.53. The van der Waals surface area contributed by atoms with E-state index in [1.165, 1.54) is 18.3 Å². The Labute approximate surface area is 174 Å². The third kappa shape index (κ3) is 2.92. The van der Waals surface area contributed by atoms with E-state index in [2.05, 4.69) is 10.3 Å². The second kappa shape index (κ2) is 7.65. The summed E-state index contributed by atoms with van der Waals surface area (Å²) >= 11 is 0. The smallest absolute Gasteiger partial charge is 0.317 e. The molecule has 0 saturated carbocycles. The Kier molecular flexibility index (Phi) is 5.15. The minimum atomic E-state index is -1.30. The Morgan fingerprint density at radius 1 is 1.17 bits per heavy atom. The van der Waals surface area contributed by atoms with Gasteiger partial charge in [-0.05, 0) is 36.6 Å². The van der Waals surface area contributed by atoms with Crippen molar-refractivity contribution in [1.29, 1.82) is 0 Å². The normalized spacial score (nSPS) is 21.2. The van der Waals surface area contributed by atoms with Gasteiger partial charge in [0.2, 0.25) is 0 Å². The number of carbonyl (C=O) groups is 1. The standard InChI is InChI=1S/C23H24FN3O3/c1-3-22(29,4-2)23(16-9-11-17(24)12-10-16)18-7-5-6-8-20(18)30-21(28)19(23)15-27-14-13-25-26-27/h5-14,19,29H,3-4,15H2,1-2H3. The summed E-state index contributed by atoms with van der Waals surface area (Å²) in [6.07, 6.45) is 3.97. The van der Waals surface area contributed by atoms with Crippen LogP contribution in [0.5, 0.6) is 5.75 Å². The van der Waals surface area contributed by atoms with Crippen LogP contribution in [0.2, 0.25) is 0 Å². The van der Waals surface area contributed by atoms with Crippen molar-refractivity contribution in [2.75, 3.05) is 0 Å². The van der Waals surface area contributed by atoms with Crippen LogP contribution in [0, 0.1) is 11.7 Å². The molecule has 3 aromatic rings. The highest BCUT2D eigenvalue weighted by Crippen LogP contribution is 2.56. The molecule has 1 aromatic heterocycles. The zero-order chi connectivity index (χ0) is 21.4. The zero-order valence-corrected chi connectivity index (χ0v) is 17.0. The molecule has 30 heavy (non-hydrogen) atoms. The zero-order valence-electron chi connectivity index (χ0n) is 17.0. The second-order valence-corrected chi connectivity index (χ2v) is 7.65. The summed E-state index contributed by atoms with van der Waals surface area (Å²) in [4.78, 5) is 13.3. The summed E-state index contributed by atoms with van der Waals surface area (Å²) in [6.45, 7) is 3.94. The number of aliphatic hydroxyl groups is 1. The van der Waals surface area contributed by atoms with Crippen LogP contribution in [0.15, 0.2) is 60.9 Å². The van der Waals surface area contributed by atoms with E-state index in [1.807, 2.05) is 26.0 Å². The number of nitrogens with zero attached hydrogens (tertiary/aromatic N) is 3. The molecule has 0 radical (unpaired) electrons. The van der Waals surface area contributed by atoms with Crippen LogP contribution < -0.4 is 4.74 Å². The van der Waals surface area contributed by atoms with Gasteiger partial charge in [-0.2, -0.15) is 0 Å². The molecule has 2 atom stereocenters. The van der Waals surface area contributed by atoms with Crippen LogP contribution in [0.3, 0.4) is 0 Å². The molecule has 0 saturated heterocycles. The number of fused-ring (bicyclic) bond motifs is 1. The summed E-state index contributed by atoms with van der Waals surface area (Å²) in [5.74, 6) is -1.25. The van der Waals surface area contributed by atoms with Crippen molar-refractivity contribution in [3.05, 3.63) is 77.9 Å². The third-order valence-corrected chi connectivity index (χ3v) is 6.37. The minimum absolute atomic E-state index is 0.160. The molecule has 2 aromatic carbocycles. The van der Waals surface area contributed by atoms with Gasteiger partial charge in [-0.1, -0.05) is 49.4 Å². The van der Waals surface area contributed by atoms with Crippen molar-refractivity contribution < 1.29 is 19.0 Å².